The summed E-state index contributed by atoms with van der Waals surface area (Å²) in [5.41, 5.74) is 3.83. The van der Waals surface area contributed by atoms with Gasteiger partial charge in [0.05, 0.1) is 33.1 Å². The van der Waals surface area contributed by atoms with Gasteiger partial charge in [0.1, 0.15) is 0 Å². The van der Waals surface area contributed by atoms with Crippen LogP contribution in [0.1, 0.15) is 26.3 Å². The van der Waals surface area contributed by atoms with E-state index in [0.29, 0.717) is 38.4 Å². The van der Waals surface area contributed by atoms with Crippen molar-refractivity contribution >= 4 is 34.0 Å². The number of hydrogen-bond acceptors (Lipinski definition) is 7. The number of carbonyl (C=O) groups is 2. The second kappa shape index (κ2) is 11.1. The first-order valence-electron chi connectivity index (χ1n) is 9.67. The van der Waals surface area contributed by atoms with Gasteiger partial charge in [0, 0.05) is 10.0 Å². The van der Waals surface area contributed by atoms with Crippen LogP contribution < -0.4 is 24.4 Å². The summed E-state index contributed by atoms with van der Waals surface area (Å²) < 4.78 is 21.8. The Hall–Kier alpha value is -3.85. The van der Waals surface area contributed by atoms with Gasteiger partial charge in [0.2, 0.25) is 0 Å². The molecule has 3 rings (SSSR count). The first-order valence-corrected chi connectivity index (χ1v) is 10.5. The second-order valence-corrected chi connectivity index (χ2v) is 7.40. The van der Waals surface area contributed by atoms with Crippen molar-refractivity contribution < 1.29 is 28.5 Å². The van der Waals surface area contributed by atoms with Gasteiger partial charge in [-0.3, -0.25) is 4.79 Å². The number of amides is 1. The van der Waals surface area contributed by atoms with E-state index in [1.165, 1.54) is 27.5 Å². The number of methoxy groups -OCH3 is 3. The topological polar surface area (TPSA) is 95.5 Å². The molecule has 1 N–H and O–H groups in total. The van der Waals surface area contributed by atoms with Gasteiger partial charge in [-0.2, -0.15) is 5.10 Å². The molecule has 0 aliphatic rings. The molecule has 33 heavy (non-hydrogen) atoms. The van der Waals surface area contributed by atoms with Gasteiger partial charge in [-0.1, -0.05) is 12.1 Å². The molecule has 0 atom stereocenters. The minimum atomic E-state index is -0.524. The molecular weight excluding hydrogens is 492 g/mol. The molecule has 0 heterocycles. The maximum atomic E-state index is 12.5. The number of esters is 1. The second-order valence-electron chi connectivity index (χ2n) is 6.55. The Balaban J connectivity index is 1.69. The molecule has 0 radical (unpaired) electrons. The summed E-state index contributed by atoms with van der Waals surface area (Å²) >= 11 is 3.33. The van der Waals surface area contributed by atoms with Crippen LogP contribution in [0.4, 0.5) is 0 Å². The Morgan fingerprint density at radius 3 is 2.21 bits per heavy atom. The molecule has 9 heteroatoms. The summed E-state index contributed by atoms with van der Waals surface area (Å²) in [7, 11) is 4.47. The van der Waals surface area contributed by atoms with Crippen molar-refractivity contribution in [2.24, 2.45) is 5.10 Å². The van der Waals surface area contributed by atoms with Crippen LogP contribution in [-0.4, -0.2) is 39.4 Å². The highest BCUT2D eigenvalue weighted by Crippen LogP contribution is 2.29. The van der Waals surface area contributed by atoms with Crippen LogP contribution in [0.3, 0.4) is 0 Å². The third-order valence-corrected chi connectivity index (χ3v) is 5.20. The zero-order chi connectivity index (χ0) is 23.8. The third-order valence-electron chi connectivity index (χ3n) is 4.51. The molecular formula is C24H21BrN2O6. The summed E-state index contributed by atoms with van der Waals surface area (Å²) in [5, 5.41) is 3.98. The zero-order valence-electron chi connectivity index (χ0n) is 18.1. The van der Waals surface area contributed by atoms with Crippen molar-refractivity contribution in [3.05, 3.63) is 81.8 Å². The molecule has 0 unspecified atom stereocenters. The molecule has 1 amide bonds. The molecule has 0 aromatic heterocycles. The molecule has 3 aromatic rings. The summed E-state index contributed by atoms with van der Waals surface area (Å²) in [5.74, 6) is 0.606. The summed E-state index contributed by atoms with van der Waals surface area (Å²) in [6, 6.07) is 16.6. The van der Waals surface area contributed by atoms with Crippen LogP contribution in [-0.2, 0) is 0 Å². The van der Waals surface area contributed by atoms with Crippen LogP contribution in [0.5, 0.6) is 23.0 Å². The molecule has 3 aromatic carbocycles. The minimum absolute atomic E-state index is 0.254. The van der Waals surface area contributed by atoms with Crippen LogP contribution in [0, 0.1) is 0 Å². The fraction of sp³-hybridized carbons (Fsp3) is 0.125. The Morgan fingerprint density at radius 2 is 1.52 bits per heavy atom. The quantitative estimate of drug-likeness (QED) is 0.207. The monoisotopic (exact) mass is 512 g/mol. The zero-order valence-corrected chi connectivity index (χ0v) is 19.7. The summed E-state index contributed by atoms with van der Waals surface area (Å²) in [6.07, 6.45) is 1.45. The number of hydrazone groups is 1. The normalized spacial score (nSPS) is 10.5. The first-order chi connectivity index (χ1) is 16.0. The number of nitrogens with one attached hydrogen (secondary N) is 1. The van der Waals surface area contributed by atoms with E-state index >= 15 is 0 Å². The van der Waals surface area contributed by atoms with Crippen molar-refractivity contribution in [1.29, 1.82) is 0 Å². The van der Waals surface area contributed by atoms with Crippen molar-refractivity contribution in [3.63, 3.8) is 0 Å². The van der Waals surface area contributed by atoms with Crippen molar-refractivity contribution in [2.45, 2.75) is 0 Å². The average Bonchev–Trinajstić information content (AvgIpc) is 2.84. The molecule has 0 fully saturated rings. The van der Waals surface area contributed by atoms with Gasteiger partial charge in [-0.05, 0) is 70.0 Å². The van der Waals surface area contributed by atoms with E-state index < -0.39 is 11.9 Å². The Labute approximate surface area is 199 Å². The van der Waals surface area contributed by atoms with Crippen molar-refractivity contribution in [3.8, 4) is 23.0 Å². The number of benzene rings is 3. The first kappa shape index (κ1) is 23.8. The number of rotatable bonds is 8. The lowest BCUT2D eigenvalue weighted by molar-refractivity contribution is 0.0728. The fourth-order valence-electron chi connectivity index (χ4n) is 2.84. The molecule has 0 bridgehead atoms. The van der Waals surface area contributed by atoms with Crippen LogP contribution >= 0.6 is 15.9 Å². The van der Waals surface area contributed by atoms with Crippen LogP contribution in [0.25, 0.3) is 0 Å². The highest BCUT2D eigenvalue weighted by molar-refractivity contribution is 9.10. The maximum absolute atomic E-state index is 12.5. The Kier molecular flexibility index (Phi) is 8.04. The van der Waals surface area contributed by atoms with Gasteiger partial charge in [0.25, 0.3) is 5.91 Å². The predicted octanol–water partition coefficient (Wildman–Crippen LogP) is 4.46. The molecule has 0 aliphatic carbocycles. The van der Waals surface area contributed by atoms with Crippen molar-refractivity contribution in [1.82, 2.24) is 5.43 Å². The van der Waals surface area contributed by atoms with Crippen LogP contribution in [0.2, 0.25) is 0 Å². The van der Waals surface area contributed by atoms with E-state index in [-0.39, 0.29) is 5.75 Å². The average molecular weight is 513 g/mol. The minimum Gasteiger partial charge on any atom is -0.493 e. The largest absolute Gasteiger partial charge is 0.493 e. The standard InChI is InChI=1S/C24H21BrN2O6/c1-30-19-11-9-16(13-22(19)32-3)23(28)27-26-14-15-8-10-20(21(12-15)31-2)33-24(29)17-6-4-5-7-18(17)25/h4-14H,1-3H3,(H,27,28). The lowest BCUT2D eigenvalue weighted by Crippen LogP contribution is -2.17. The predicted molar refractivity (Wildman–Crippen MR) is 127 cm³/mol. The van der Waals surface area contributed by atoms with Gasteiger partial charge in [-0.25, -0.2) is 10.2 Å². The Morgan fingerprint density at radius 1 is 0.848 bits per heavy atom. The van der Waals surface area contributed by atoms with E-state index in [2.05, 4.69) is 26.5 Å². The summed E-state index contributed by atoms with van der Waals surface area (Å²) in [6.45, 7) is 0. The van der Waals surface area contributed by atoms with Gasteiger partial charge in [0.15, 0.2) is 23.0 Å². The molecule has 8 nitrogen and oxygen atoms in total. The van der Waals surface area contributed by atoms with Gasteiger partial charge >= 0.3 is 5.97 Å². The fourth-order valence-corrected chi connectivity index (χ4v) is 3.28. The third kappa shape index (κ3) is 5.89. The molecule has 0 saturated carbocycles. The number of nitrogens with zero attached hydrogens (tertiary/aromatic N) is 1. The van der Waals surface area contributed by atoms with E-state index in [4.69, 9.17) is 18.9 Å². The number of hydrogen-bond donors (Lipinski definition) is 1. The number of ether oxygens (including phenoxy) is 4. The smallest absolute Gasteiger partial charge is 0.344 e. The molecule has 0 saturated heterocycles. The SMILES string of the molecule is COc1ccc(C(=O)NN=Cc2ccc(OC(=O)c3ccccc3Br)c(OC)c2)cc1OC. The molecule has 0 spiro atoms. The lowest BCUT2D eigenvalue weighted by Gasteiger charge is -2.10. The highest BCUT2D eigenvalue weighted by atomic mass is 79.9. The van der Waals surface area contributed by atoms with E-state index in [1.807, 2.05) is 0 Å². The van der Waals surface area contributed by atoms with E-state index in [1.54, 1.807) is 60.7 Å². The molecule has 170 valence electrons. The van der Waals surface area contributed by atoms with Gasteiger partial charge in [-0.15, -0.1) is 0 Å². The summed E-state index contributed by atoms with van der Waals surface area (Å²) in [4.78, 5) is 24.8. The number of halogens is 1. The van der Waals surface area contributed by atoms with E-state index in [9.17, 15) is 9.59 Å². The molecule has 0 aliphatic heterocycles. The highest BCUT2D eigenvalue weighted by Gasteiger charge is 2.15. The van der Waals surface area contributed by atoms with Crippen LogP contribution in [0.15, 0.2) is 70.2 Å². The lowest BCUT2D eigenvalue weighted by atomic mass is 10.2. The van der Waals surface area contributed by atoms with Crippen molar-refractivity contribution in [2.75, 3.05) is 21.3 Å². The maximum Gasteiger partial charge on any atom is 0.344 e. The number of carbonyl (C=O) groups excluding carboxylic acids is 2. The van der Waals surface area contributed by atoms with Gasteiger partial charge < -0.3 is 18.9 Å². The van der Waals surface area contributed by atoms with E-state index in [0.717, 1.165) is 0 Å². The Bertz CT molecular complexity index is 1200.